The third kappa shape index (κ3) is 2.05. The van der Waals surface area contributed by atoms with Crippen molar-refractivity contribution in [2.45, 2.75) is 25.7 Å². The molecule has 0 unspecified atom stereocenters. The summed E-state index contributed by atoms with van der Waals surface area (Å²) < 4.78 is 19.1. The van der Waals surface area contributed by atoms with Gasteiger partial charge in [0.2, 0.25) is 0 Å². The van der Waals surface area contributed by atoms with Gasteiger partial charge in [-0.25, -0.2) is 4.39 Å². The SMILES string of the molecule is COc1c(C2CCNCC2)ccc(C)c1F. The van der Waals surface area contributed by atoms with Crippen LogP contribution in [0.1, 0.15) is 29.9 Å². The summed E-state index contributed by atoms with van der Waals surface area (Å²) in [5.41, 5.74) is 1.67. The molecule has 2 rings (SSSR count). The zero-order valence-electron chi connectivity index (χ0n) is 9.85. The van der Waals surface area contributed by atoms with Crippen molar-refractivity contribution in [1.82, 2.24) is 5.32 Å². The molecule has 0 amide bonds. The van der Waals surface area contributed by atoms with Gasteiger partial charge >= 0.3 is 0 Å². The summed E-state index contributed by atoms with van der Waals surface area (Å²) in [6.45, 7) is 3.77. The lowest BCUT2D eigenvalue weighted by atomic mass is 9.89. The minimum atomic E-state index is -0.210. The van der Waals surface area contributed by atoms with Crippen LogP contribution in [0.3, 0.4) is 0 Å². The molecule has 1 N–H and O–H groups in total. The molecule has 0 aliphatic carbocycles. The molecule has 1 aliphatic rings. The van der Waals surface area contributed by atoms with Crippen LogP contribution in [0.25, 0.3) is 0 Å². The third-order valence-corrected chi connectivity index (χ3v) is 3.30. The lowest BCUT2D eigenvalue weighted by Gasteiger charge is -2.25. The summed E-state index contributed by atoms with van der Waals surface area (Å²) in [5, 5.41) is 3.31. The third-order valence-electron chi connectivity index (χ3n) is 3.30. The summed E-state index contributed by atoms with van der Waals surface area (Å²) in [6.07, 6.45) is 2.11. The molecule has 16 heavy (non-hydrogen) atoms. The van der Waals surface area contributed by atoms with Crippen LogP contribution in [-0.2, 0) is 0 Å². The average Bonchev–Trinajstić information content (AvgIpc) is 2.33. The fourth-order valence-corrected chi connectivity index (χ4v) is 2.33. The second-order valence-electron chi connectivity index (χ2n) is 4.34. The number of halogens is 1. The van der Waals surface area contributed by atoms with Crippen molar-refractivity contribution in [1.29, 1.82) is 0 Å². The summed E-state index contributed by atoms with van der Waals surface area (Å²) in [4.78, 5) is 0. The van der Waals surface area contributed by atoms with Crippen LogP contribution < -0.4 is 10.1 Å². The predicted octanol–water partition coefficient (Wildman–Crippen LogP) is 2.61. The van der Waals surface area contributed by atoms with E-state index in [1.165, 1.54) is 0 Å². The normalized spacial score (nSPS) is 17.4. The van der Waals surface area contributed by atoms with E-state index in [4.69, 9.17) is 4.74 Å². The van der Waals surface area contributed by atoms with Gasteiger partial charge in [0.05, 0.1) is 7.11 Å². The molecule has 1 aromatic rings. The zero-order chi connectivity index (χ0) is 11.5. The fourth-order valence-electron chi connectivity index (χ4n) is 2.33. The summed E-state index contributed by atoms with van der Waals surface area (Å²) in [5.74, 6) is 0.650. The number of rotatable bonds is 2. The maximum atomic E-state index is 13.9. The van der Waals surface area contributed by atoms with Crippen molar-refractivity contribution >= 4 is 0 Å². The van der Waals surface area contributed by atoms with Crippen molar-refractivity contribution in [3.63, 3.8) is 0 Å². The zero-order valence-corrected chi connectivity index (χ0v) is 9.85. The Bertz CT molecular complexity index is 372. The van der Waals surface area contributed by atoms with E-state index in [9.17, 15) is 4.39 Å². The number of nitrogens with one attached hydrogen (secondary N) is 1. The van der Waals surface area contributed by atoms with Gasteiger partial charge in [0, 0.05) is 5.56 Å². The van der Waals surface area contributed by atoms with Gasteiger partial charge in [0.1, 0.15) is 0 Å². The molecule has 1 saturated heterocycles. The van der Waals surface area contributed by atoms with E-state index in [1.807, 2.05) is 12.1 Å². The van der Waals surface area contributed by atoms with E-state index < -0.39 is 0 Å². The number of methoxy groups -OCH3 is 1. The van der Waals surface area contributed by atoms with Crippen molar-refractivity contribution in [3.05, 3.63) is 29.1 Å². The molecular formula is C13H18FNO. The van der Waals surface area contributed by atoms with Crippen molar-refractivity contribution < 1.29 is 9.13 Å². The van der Waals surface area contributed by atoms with Gasteiger partial charge in [-0.05, 0) is 44.3 Å². The molecule has 1 heterocycles. The molecule has 0 spiro atoms. The van der Waals surface area contributed by atoms with Gasteiger partial charge in [0.15, 0.2) is 11.6 Å². The Morgan fingerprint density at radius 3 is 2.62 bits per heavy atom. The van der Waals surface area contributed by atoms with Crippen LogP contribution in [0.15, 0.2) is 12.1 Å². The van der Waals surface area contributed by atoms with Gasteiger partial charge in [-0.15, -0.1) is 0 Å². The molecule has 3 heteroatoms. The van der Waals surface area contributed by atoms with E-state index >= 15 is 0 Å². The number of hydrogen-bond donors (Lipinski definition) is 1. The molecule has 0 aromatic heterocycles. The van der Waals surface area contributed by atoms with Crippen LogP contribution in [-0.4, -0.2) is 20.2 Å². The highest BCUT2D eigenvalue weighted by molar-refractivity contribution is 5.41. The maximum Gasteiger partial charge on any atom is 0.168 e. The number of hydrogen-bond acceptors (Lipinski definition) is 2. The summed E-state index contributed by atoms with van der Waals surface area (Å²) in [7, 11) is 1.54. The van der Waals surface area contributed by atoms with Gasteiger partial charge < -0.3 is 10.1 Å². The number of piperidine rings is 1. The molecule has 1 fully saturated rings. The molecule has 0 radical (unpaired) electrons. The highest BCUT2D eigenvalue weighted by Crippen LogP contribution is 2.35. The van der Waals surface area contributed by atoms with Crippen LogP contribution >= 0.6 is 0 Å². The minimum absolute atomic E-state index is 0.210. The molecule has 2 nitrogen and oxygen atoms in total. The second kappa shape index (κ2) is 4.83. The first kappa shape index (κ1) is 11.4. The maximum absolute atomic E-state index is 13.9. The number of aryl methyl sites for hydroxylation is 1. The first-order chi connectivity index (χ1) is 7.74. The minimum Gasteiger partial charge on any atom is -0.493 e. The van der Waals surface area contributed by atoms with E-state index in [2.05, 4.69) is 5.32 Å². The van der Waals surface area contributed by atoms with Gasteiger partial charge in [0.25, 0.3) is 0 Å². The van der Waals surface area contributed by atoms with Crippen molar-refractivity contribution in [2.24, 2.45) is 0 Å². The first-order valence-corrected chi connectivity index (χ1v) is 5.77. The van der Waals surface area contributed by atoms with Crippen LogP contribution in [0.4, 0.5) is 4.39 Å². The predicted molar refractivity (Wildman–Crippen MR) is 62.5 cm³/mol. The highest BCUT2D eigenvalue weighted by atomic mass is 19.1. The quantitative estimate of drug-likeness (QED) is 0.832. The van der Waals surface area contributed by atoms with Gasteiger partial charge in [-0.1, -0.05) is 12.1 Å². The largest absolute Gasteiger partial charge is 0.493 e. The first-order valence-electron chi connectivity index (χ1n) is 5.77. The Morgan fingerprint density at radius 2 is 2.00 bits per heavy atom. The van der Waals surface area contributed by atoms with E-state index in [-0.39, 0.29) is 5.82 Å². The number of ether oxygens (including phenoxy) is 1. The van der Waals surface area contributed by atoms with Crippen LogP contribution in [0.2, 0.25) is 0 Å². The van der Waals surface area contributed by atoms with Gasteiger partial charge in [-0.3, -0.25) is 0 Å². The molecule has 0 saturated carbocycles. The highest BCUT2D eigenvalue weighted by Gasteiger charge is 2.21. The molecular weight excluding hydrogens is 205 g/mol. The summed E-state index contributed by atoms with van der Waals surface area (Å²) in [6, 6.07) is 3.85. The molecule has 1 aliphatic heterocycles. The van der Waals surface area contributed by atoms with Crippen LogP contribution in [0.5, 0.6) is 5.75 Å². The molecule has 1 aromatic carbocycles. The topological polar surface area (TPSA) is 21.3 Å². The van der Waals surface area contributed by atoms with Crippen LogP contribution in [0, 0.1) is 12.7 Å². The summed E-state index contributed by atoms with van der Waals surface area (Å²) >= 11 is 0. The van der Waals surface area contributed by atoms with E-state index in [0.29, 0.717) is 17.2 Å². The fraction of sp³-hybridized carbons (Fsp3) is 0.538. The molecule has 0 bridgehead atoms. The Morgan fingerprint density at radius 1 is 1.31 bits per heavy atom. The van der Waals surface area contributed by atoms with E-state index in [0.717, 1.165) is 31.5 Å². The van der Waals surface area contributed by atoms with E-state index in [1.54, 1.807) is 14.0 Å². The lowest BCUT2D eigenvalue weighted by Crippen LogP contribution is -2.27. The monoisotopic (exact) mass is 223 g/mol. The second-order valence-corrected chi connectivity index (χ2v) is 4.34. The lowest BCUT2D eigenvalue weighted by molar-refractivity contribution is 0.366. The number of benzene rings is 1. The molecule has 0 atom stereocenters. The standard InChI is InChI=1S/C13H18FNO/c1-9-3-4-11(13(16-2)12(9)14)10-5-7-15-8-6-10/h3-4,10,15H,5-8H2,1-2H3. The van der Waals surface area contributed by atoms with Gasteiger partial charge in [-0.2, -0.15) is 0 Å². The molecule has 88 valence electrons. The van der Waals surface area contributed by atoms with Crippen molar-refractivity contribution in [3.8, 4) is 5.75 Å². The average molecular weight is 223 g/mol. The van der Waals surface area contributed by atoms with Crippen molar-refractivity contribution in [2.75, 3.05) is 20.2 Å². The Labute approximate surface area is 95.8 Å². The Kier molecular flexibility index (Phi) is 3.44. The Hall–Kier alpha value is -1.09. The Balaban J connectivity index is 2.35. The smallest absolute Gasteiger partial charge is 0.168 e.